The van der Waals surface area contributed by atoms with E-state index in [1.165, 1.54) is 6.42 Å². The van der Waals surface area contributed by atoms with Crippen LogP contribution in [0, 0.1) is 0 Å². The number of likely N-dealkylation sites (N-methyl/N-ethyl adjacent to an activating group) is 1. The van der Waals surface area contributed by atoms with Gasteiger partial charge in [0.1, 0.15) is 0 Å². The molecular weight excluding hydrogens is 93.0 g/mol. The molecule has 1 aliphatic carbocycles. The zero-order chi connectivity index (χ0) is 5.28. The van der Waals surface area contributed by atoms with Crippen LogP contribution in [0.2, 0.25) is 0 Å². The van der Waals surface area contributed by atoms with E-state index in [0.29, 0.717) is 0 Å². The first-order chi connectivity index (χ1) is 3.30. The summed E-state index contributed by atoms with van der Waals surface area (Å²) >= 11 is 0. The molecular formula is C6H12LiN. The van der Waals surface area contributed by atoms with Crippen molar-refractivity contribution < 1.29 is 20.3 Å². The number of hydrogen-bond acceptors (Lipinski definition) is 1. The van der Waals surface area contributed by atoms with Crippen LogP contribution in [0.1, 0.15) is 7.85 Å². The smallest absolute Gasteiger partial charge is 1.00 e. The van der Waals surface area contributed by atoms with Crippen LogP contribution < -0.4 is 18.9 Å². The Morgan fingerprint density at radius 1 is 1.62 bits per heavy atom. The van der Waals surface area contributed by atoms with Crippen molar-refractivity contribution in [3.63, 3.8) is 0 Å². The van der Waals surface area contributed by atoms with E-state index >= 15 is 0 Å². The van der Waals surface area contributed by atoms with Crippen molar-refractivity contribution in [2.24, 2.45) is 0 Å². The Hall–Kier alpha value is 0.297. The Bertz CT molecular complexity index is 93.1. The molecule has 0 N–H and O–H groups in total. The molecule has 0 aliphatic heterocycles. The molecule has 1 nitrogen and oxygen atoms in total. The van der Waals surface area contributed by atoms with Crippen LogP contribution in [0.15, 0.2) is 12.2 Å². The van der Waals surface area contributed by atoms with Crippen LogP contribution in [0.5, 0.6) is 0 Å². The molecule has 0 radical (unpaired) electrons. The Morgan fingerprint density at radius 3 is 2.12 bits per heavy atom. The first kappa shape index (κ1) is 8.30. The molecule has 8 heavy (non-hydrogen) atoms. The third kappa shape index (κ3) is 1.67. The summed E-state index contributed by atoms with van der Waals surface area (Å²) < 4.78 is 0. The molecule has 1 unspecified atom stereocenters. The first-order valence-corrected chi connectivity index (χ1v) is 2.64. The van der Waals surface area contributed by atoms with E-state index in [-0.39, 0.29) is 20.3 Å². The van der Waals surface area contributed by atoms with E-state index in [9.17, 15) is 0 Å². The second kappa shape index (κ2) is 3.35. The molecule has 42 valence electrons. The maximum Gasteiger partial charge on any atom is 1.00 e. The quantitative estimate of drug-likeness (QED) is 0.275. The molecule has 0 aromatic carbocycles. The molecule has 0 aromatic rings. The number of nitrogens with zero attached hydrogens (tertiary/aromatic N) is 1. The van der Waals surface area contributed by atoms with Crippen molar-refractivity contribution in [2.75, 3.05) is 14.1 Å². The minimum atomic E-state index is 0. The fourth-order valence-corrected chi connectivity index (χ4v) is 0.641. The largest absolute Gasteiger partial charge is 1.00 e. The fourth-order valence-electron chi connectivity index (χ4n) is 0.641. The Labute approximate surface area is 64.4 Å². The standard InChI is InChI=1S/C6H11N.Li.H/c1-7(2)6-4-3-5-6;;/h3-4,6H,5H2,1-2H3;;/q;+1;-1. The molecule has 1 rings (SSSR count). The first-order valence-electron chi connectivity index (χ1n) is 2.64. The predicted octanol–water partition coefficient (Wildman–Crippen LogP) is -2.01. The van der Waals surface area contributed by atoms with E-state index < -0.39 is 0 Å². The van der Waals surface area contributed by atoms with E-state index in [2.05, 4.69) is 31.1 Å². The van der Waals surface area contributed by atoms with Crippen molar-refractivity contribution >= 4 is 0 Å². The Morgan fingerprint density at radius 2 is 2.12 bits per heavy atom. The third-order valence-electron chi connectivity index (χ3n) is 1.40. The van der Waals surface area contributed by atoms with Crippen molar-refractivity contribution in [1.82, 2.24) is 4.90 Å². The molecule has 0 spiro atoms. The van der Waals surface area contributed by atoms with E-state index in [4.69, 9.17) is 0 Å². The second-order valence-corrected chi connectivity index (χ2v) is 2.19. The van der Waals surface area contributed by atoms with Crippen LogP contribution in [-0.4, -0.2) is 25.0 Å². The van der Waals surface area contributed by atoms with Crippen molar-refractivity contribution in [3.8, 4) is 0 Å². The van der Waals surface area contributed by atoms with Gasteiger partial charge in [-0.3, -0.25) is 0 Å². The molecule has 0 fully saturated rings. The topological polar surface area (TPSA) is 3.24 Å². The van der Waals surface area contributed by atoms with Crippen LogP contribution >= 0.6 is 0 Å². The van der Waals surface area contributed by atoms with Crippen LogP contribution in [0.25, 0.3) is 0 Å². The van der Waals surface area contributed by atoms with Crippen LogP contribution in [0.3, 0.4) is 0 Å². The van der Waals surface area contributed by atoms with Gasteiger partial charge in [0.25, 0.3) is 0 Å². The van der Waals surface area contributed by atoms with Gasteiger partial charge >= 0.3 is 18.9 Å². The van der Waals surface area contributed by atoms with Gasteiger partial charge in [0, 0.05) is 6.04 Å². The average Bonchev–Trinajstić information content (AvgIpc) is 1.23. The molecule has 1 aliphatic rings. The summed E-state index contributed by atoms with van der Waals surface area (Å²) in [5, 5.41) is 0. The average molecular weight is 105 g/mol. The fraction of sp³-hybridized carbons (Fsp3) is 0.667. The van der Waals surface area contributed by atoms with Gasteiger partial charge in [-0.15, -0.1) is 0 Å². The summed E-state index contributed by atoms with van der Waals surface area (Å²) in [4.78, 5) is 2.22. The summed E-state index contributed by atoms with van der Waals surface area (Å²) in [6.07, 6.45) is 5.66. The Balaban J connectivity index is 0. The van der Waals surface area contributed by atoms with Gasteiger partial charge in [0.05, 0.1) is 0 Å². The molecule has 0 heterocycles. The molecule has 0 saturated heterocycles. The van der Waals surface area contributed by atoms with Gasteiger partial charge in [0.15, 0.2) is 0 Å². The van der Waals surface area contributed by atoms with Crippen LogP contribution in [0.4, 0.5) is 0 Å². The summed E-state index contributed by atoms with van der Waals surface area (Å²) in [6, 6.07) is 0.736. The monoisotopic (exact) mass is 105 g/mol. The molecule has 0 aromatic heterocycles. The maximum atomic E-state index is 2.22. The van der Waals surface area contributed by atoms with E-state index in [0.717, 1.165) is 6.04 Å². The van der Waals surface area contributed by atoms with Crippen molar-refractivity contribution in [1.29, 1.82) is 0 Å². The molecule has 2 heteroatoms. The van der Waals surface area contributed by atoms with Crippen LogP contribution in [-0.2, 0) is 0 Å². The normalized spacial score (nSPS) is 24.6. The maximum absolute atomic E-state index is 2.22. The van der Waals surface area contributed by atoms with E-state index in [1.807, 2.05) is 0 Å². The van der Waals surface area contributed by atoms with Gasteiger partial charge in [-0.1, -0.05) is 12.2 Å². The number of hydrogen-bond donors (Lipinski definition) is 0. The summed E-state index contributed by atoms with van der Waals surface area (Å²) in [5.74, 6) is 0. The molecule has 0 bridgehead atoms. The van der Waals surface area contributed by atoms with Gasteiger partial charge in [-0.2, -0.15) is 0 Å². The van der Waals surface area contributed by atoms with Gasteiger partial charge in [-0.25, -0.2) is 0 Å². The zero-order valence-corrected chi connectivity index (χ0v) is 5.89. The van der Waals surface area contributed by atoms with Gasteiger partial charge < -0.3 is 6.33 Å². The number of rotatable bonds is 1. The van der Waals surface area contributed by atoms with Crippen molar-refractivity contribution in [2.45, 2.75) is 12.5 Å². The van der Waals surface area contributed by atoms with Gasteiger partial charge in [-0.05, 0) is 20.5 Å². The summed E-state index contributed by atoms with van der Waals surface area (Å²) in [5.41, 5.74) is 0. The van der Waals surface area contributed by atoms with E-state index in [1.54, 1.807) is 0 Å². The third-order valence-corrected chi connectivity index (χ3v) is 1.40. The molecule has 0 amide bonds. The minimum absolute atomic E-state index is 0. The van der Waals surface area contributed by atoms with Crippen molar-refractivity contribution in [3.05, 3.63) is 12.2 Å². The minimum Gasteiger partial charge on any atom is -1.00 e. The zero-order valence-electron chi connectivity index (χ0n) is 6.89. The molecule has 0 saturated carbocycles. The second-order valence-electron chi connectivity index (χ2n) is 2.19. The summed E-state index contributed by atoms with van der Waals surface area (Å²) in [6.45, 7) is 0. The van der Waals surface area contributed by atoms with Gasteiger partial charge in [0.2, 0.25) is 0 Å². The summed E-state index contributed by atoms with van der Waals surface area (Å²) in [7, 11) is 4.21. The Kier molecular flexibility index (Phi) is 3.47. The predicted molar refractivity (Wildman–Crippen MR) is 32.3 cm³/mol. The molecule has 1 atom stereocenters. The SMILES string of the molecule is CN(C)C1C=CC1.[H-].[Li+].